The van der Waals surface area contributed by atoms with Crippen molar-refractivity contribution in [2.24, 2.45) is 5.73 Å². The highest BCUT2D eigenvalue weighted by Gasteiger charge is 2.10. The quantitative estimate of drug-likeness (QED) is 0.757. The highest BCUT2D eigenvalue weighted by molar-refractivity contribution is 5.83. The fourth-order valence-electron chi connectivity index (χ4n) is 1.56. The van der Waals surface area contributed by atoms with Crippen LogP contribution in [-0.4, -0.2) is 11.5 Å². The molecule has 14 heavy (non-hydrogen) atoms. The third-order valence-electron chi connectivity index (χ3n) is 2.25. The van der Waals surface area contributed by atoms with Gasteiger partial charge >= 0.3 is 0 Å². The zero-order valence-corrected chi connectivity index (χ0v) is 7.48. The largest absolute Gasteiger partial charge is 0.358 e. The van der Waals surface area contributed by atoms with Crippen molar-refractivity contribution in [2.45, 2.75) is 6.42 Å². The van der Waals surface area contributed by atoms with Gasteiger partial charge in [-0.25, -0.2) is 8.78 Å². The molecule has 0 unspecified atom stereocenters. The van der Waals surface area contributed by atoms with Crippen molar-refractivity contribution >= 4 is 10.9 Å². The molecule has 1 aromatic heterocycles. The van der Waals surface area contributed by atoms with Crippen LogP contribution in [0.15, 0.2) is 18.3 Å². The summed E-state index contributed by atoms with van der Waals surface area (Å²) in [5.74, 6) is -1.66. The predicted molar refractivity (Wildman–Crippen MR) is 51.0 cm³/mol. The van der Waals surface area contributed by atoms with Gasteiger partial charge in [0, 0.05) is 11.6 Å². The van der Waals surface area contributed by atoms with Crippen molar-refractivity contribution in [1.82, 2.24) is 4.98 Å². The smallest absolute Gasteiger partial charge is 0.182 e. The number of fused-ring (bicyclic) bond motifs is 1. The Morgan fingerprint density at radius 2 is 2.07 bits per heavy atom. The Kier molecular flexibility index (Phi) is 2.21. The van der Waals surface area contributed by atoms with E-state index in [1.807, 2.05) is 0 Å². The summed E-state index contributed by atoms with van der Waals surface area (Å²) in [5.41, 5.74) is 6.53. The lowest BCUT2D eigenvalue weighted by molar-refractivity contribution is 0.515. The summed E-state index contributed by atoms with van der Waals surface area (Å²) in [6, 6.07) is 2.70. The first kappa shape index (κ1) is 9.15. The lowest BCUT2D eigenvalue weighted by atomic mass is 10.1. The van der Waals surface area contributed by atoms with E-state index in [-0.39, 0.29) is 5.52 Å². The van der Waals surface area contributed by atoms with Gasteiger partial charge in [0.25, 0.3) is 0 Å². The minimum Gasteiger partial charge on any atom is -0.358 e. The number of benzene rings is 1. The van der Waals surface area contributed by atoms with Gasteiger partial charge in [-0.05, 0) is 30.7 Å². The van der Waals surface area contributed by atoms with E-state index in [1.165, 1.54) is 0 Å². The van der Waals surface area contributed by atoms with Crippen LogP contribution in [0.3, 0.4) is 0 Å². The van der Waals surface area contributed by atoms with Crippen LogP contribution >= 0.6 is 0 Å². The molecule has 2 rings (SSSR count). The number of hydrogen-bond donors (Lipinski definition) is 2. The second-order valence-electron chi connectivity index (χ2n) is 3.14. The number of aromatic amines is 1. The summed E-state index contributed by atoms with van der Waals surface area (Å²) >= 11 is 0. The van der Waals surface area contributed by atoms with Crippen molar-refractivity contribution in [3.05, 3.63) is 35.5 Å². The van der Waals surface area contributed by atoms with Gasteiger partial charge in [0.2, 0.25) is 0 Å². The lowest BCUT2D eigenvalue weighted by Crippen LogP contribution is -2.01. The summed E-state index contributed by atoms with van der Waals surface area (Å²) in [7, 11) is 0. The van der Waals surface area contributed by atoms with E-state index >= 15 is 0 Å². The minimum atomic E-state index is -0.835. The molecule has 0 amide bonds. The Morgan fingerprint density at radius 1 is 1.29 bits per heavy atom. The first-order valence-electron chi connectivity index (χ1n) is 4.38. The molecule has 74 valence electrons. The van der Waals surface area contributed by atoms with Gasteiger partial charge in [-0.15, -0.1) is 0 Å². The van der Waals surface area contributed by atoms with E-state index in [0.29, 0.717) is 18.4 Å². The second-order valence-corrected chi connectivity index (χ2v) is 3.14. The van der Waals surface area contributed by atoms with Crippen molar-refractivity contribution in [3.8, 4) is 0 Å². The van der Waals surface area contributed by atoms with Crippen molar-refractivity contribution in [2.75, 3.05) is 6.54 Å². The summed E-state index contributed by atoms with van der Waals surface area (Å²) in [4.78, 5) is 2.71. The number of aromatic nitrogens is 1. The van der Waals surface area contributed by atoms with Crippen LogP contribution in [0.2, 0.25) is 0 Å². The van der Waals surface area contributed by atoms with E-state index in [4.69, 9.17) is 5.73 Å². The van der Waals surface area contributed by atoms with Crippen LogP contribution in [0, 0.1) is 11.6 Å². The first-order valence-corrected chi connectivity index (χ1v) is 4.38. The van der Waals surface area contributed by atoms with Crippen molar-refractivity contribution in [1.29, 1.82) is 0 Å². The zero-order valence-electron chi connectivity index (χ0n) is 7.48. The molecule has 2 aromatic rings. The molecular weight excluding hydrogens is 186 g/mol. The lowest BCUT2D eigenvalue weighted by Gasteiger charge is -1.97. The molecule has 0 aliphatic carbocycles. The molecule has 0 atom stereocenters. The monoisotopic (exact) mass is 196 g/mol. The van der Waals surface area contributed by atoms with Crippen molar-refractivity contribution < 1.29 is 8.78 Å². The number of hydrogen-bond acceptors (Lipinski definition) is 1. The van der Waals surface area contributed by atoms with Crippen LogP contribution < -0.4 is 5.73 Å². The molecule has 0 bridgehead atoms. The Morgan fingerprint density at radius 3 is 2.79 bits per heavy atom. The average molecular weight is 196 g/mol. The molecule has 0 saturated heterocycles. The maximum absolute atomic E-state index is 13.2. The van der Waals surface area contributed by atoms with Gasteiger partial charge in [-0.1, -0.05) is 0 Å². The van der Waals surface area contributed by atoms with Gasteiger partial charge in [0.1, 0.15) is 0 Å². The van der Waals surface area contributed by atoms with Crippen LogP contribution in [-0.2, 0) is 6.42 Å². The maximum atomic E-state index is 13.2. The number of halogens is 2. The topological polar surface area (TPSA) is 41.8 Å². The fraction of sp³-hybridized carbons (Fsp3) is 0.200. The van der Waals surface area contributed by atoms with Crippen molar-refractivity contribution in [3.63, 3.8) is 0 Å². The number of H-pyrrole nitrogens is 1. The van der Waals surface area contributed by atoms with E-state index in [0.717, 1.165) is 11.6 Å². The summed E-state index contributed by atoms with van der Waals surface area (Å²) in [6.07, 6.45) is 2.32. The van der Waals surface area contributed by atoms with Crippen LogP contribution in [0.25, 0.3) is 10.9 Å². The third-order valence-corrected chi connectivity index (χ3v) is 2.25. The Balaban J connectivity index is 2.64. The van der Waals surface area contributed by atoms with E-state index in [1.54, 1.807) is 12.3 Å². The second kappa shape index (κ2) is 3.38. The molecule has 0 radical (unpaired) electrons. The van der Waals surface area contributed by atoms with Crippen LogP contribution in [0.1, 0.15) is 5.56 Å². The Hall–Kier alpha value is -1.42. The molecule has 0 aliphatic rings. The Bertz CT molecular complexity index is 462. The van der Waals surface area contributed by atoms with Gasteiger partial charge < -0.3 is 10.7 Å². The standard InChI is InChI=1S/C10H10F2N2/c11-8-2-1-7-6(3-4-13)5-14-10(7)9(8)12/h1-2,5,14H,3-4,13H2. The SMILES string of the molecule is NCCc1c[nH]c2c(F)c(F)ccc12. The normalized spacial score (nSPS) is 11.1. The minimum absolute atomic E-state index is 0.216. The van der Waals surface area contributed by atoms with Gasteiger partial charge in [0.05, 0.1) is 5.52 Å². The van der Waals surface area contributed by atoms with Gasteiger partial charge in [0.15, 0.2) is 11.6 Å². The molecule has 2 nitrogen and oxygen atoms in total. The van der Waals surface area contributed by atoms with Crippen LogP contribution in [0.5, 0.6) is 0 Å². The molecule has 1 aromatic carbocycles. The highest BCUT2D eigenvalue weighted by Crippen LogP contribution is 2.22. The van der Waals surface area contributed by atoms with E-state index in [2.05, 4.69) is 4.98 Å². The van der Waals surface area contributed by atoms with Gasteiger partial charge in [-0.3, -0.25) is 0 Å². The number of rotatable bonds is 2. The molecule has 0 fully saturated rings. The maximum Gasteiger partial charge on any atom is 0.182 e. The number of nitrogens with one attached hydrogen (secondary N) is 1. The fourth-order valence-corrected chi connectivity index (χ4v) is 1.56. The third kappa shape index (κ3) is 1.28. The highest BCUT2D eigenvalue weighted by atomic mass is 19.2. The average Bonchev–Trinajstić information content (AvgIpc) is 2.57. The molecule has 0 saturated carbocycles. The molecule has 1 heterocycles. The Labute approximate surface area is 79.7 Å². The molecule has 0 aliphatic heterocycles. The summed E-state index contributed by atoms with van der Waals surface area (Å²) in [6.45, 7) is 0.492. The predicted octanol–water partition coefficient (Wildman–Crippen LogP) is 1.95. The summed E-state index contributed by atoms with van der Waals surface area (Å²) < 4.78 is 26.0. The number of nitrogens with two attached hydrogens (primary N) is 1. The molecular formula is C10H10F2N2. The molecule has 0 spiro atoms. The molecule has 4 heteroatoms. The first-order chi connectivity index (χ1) is 6.74. The zero-order chi connectivity index (χ0) is 10.1. The van der Waals surface area contributed by atoms with E-state index in [9.17, 15) is 8.78 Å². The van der Waals surface area contributed by atoms with Gasteiger partial charge in [-0.2, -0.15) is 0 Å². The van der Waals surface area contributed by atoms with Crippen LogP contribution in [0.4, 0.5) is 8.78 Å². The molecule has 3 N–H and O–H groups in total. The van der Waals surface area contributed by atoms with E-state index < -0.39 is 11.6 Å². The summed E-state index contributed by atoms with van der Waals surface area (Å²) in [5, 5.41) is 0.703.